The second-order valence-electron chi connectivity index (χ2n) is 5.68. The zero-order valence-corrected chi connectivity index (χ0v) is 13.2. The van der Waals surface area contributed by atoms with Gasteiger partial charge in [-0.3, -0.25) is 4.90 Å². The number of hydrogen-bond acceptors (Lipinski definition) is 0. The lowest BCUT2D eigenvalue weighted by Crippen LogP contribution is -3.04. The van der Waals surface area contributed by atoms with Crippen LogP contribution in [-0.4, -0.2) is 13.6 Å². The molecule has 0 amide bonds. The zero-order chi connectivity index (χ0) is 16.9. The van der Waals surface area contributed by atoms with Crippen LogP contribution >= 0.6 is 0 Å². The van der Waals surface area contributed by atoms with Crippen molar-refractivity contribution in [2.45, 2.75) is 46.0 Å². The van der Waals surface area contributed by atoms with Crippen molar-refractivity contribution in [3.63, 3.8) is 0 Å². The van der Waals surface area contributed by atoms with Crippen molar-refractivity contribution in [3.8, 4) is 0 Å². The Morgan fingerprint density at radius 3 is 1.77 bits per heavy atom. The Balaban J connectivity index is 2.88. The molecule has 0 aromatic heterocycles. The smallest absolute Gasteiger partial charge is 0.225 e. The molecule has 6 heteroatoms. The fourth-order valence-corrected chi connectivity index (χ4v) is 2.57. The van der Waals surface area contributed by atoms with Crippen molar-refractivity contribution >= 4 is 5.69 Å². The first-order chi connectivity index (χ1) is 10.3. The van der Waals surface area contributed by atoms with Gasteiger partial charge in [0.25, 0.3) is 0 Å². The molecule has 1 N–H and O–H groups in total. The summed E-state index contributed by atoms with van der Waals surface area (Å²) in [5.41, 5.74) is -0.776. The fourth-order valence-electron chi connectivity index (χ4n) is 2.57. The highest BCUT2D eigenvalue weighted by Crippen LogP contribution is 2.24. The molecule has 2 unspecified atom stereocenters. The summed E-state index contributed by atoms with van der Waals surface area (Å²) in [4.78, 5) is 0.197. The van der Waals surface area contributed by atoms with E-state index < -0.39 is 34.8 Å². The molecule has 0 aliphatic heterocycles. The molecule has 1 nitrogen and oxygen atoms in total. The molecule has 1 aromatic carbocycles. The Morgan fingerprint density at radius 1 is 0.818 bits per heavy atom. The van der Waals surface area contributed by atoms with E-state index in [2.05, 4.69) is 6.92 Å². The van der Waals surface area contributed by atoms with Gasteiger partial charge in [-0.05, 0) is 12.3 Å². The average Bonchev–Trinajstić information content (AvgIpc) is 2.51. The van der Waals surface area contributed by atoms with Crippen LogP contribution in [0.5, 0.6) is 0 Å². The van der Waals surface area contributed by atoms with Crippen LogP contribution in [0.1, 0.15) is 46.0 Å². The third-order valence-corrected chi connectivity index (χ3v) is 4.11. The minimum absolute atomic E-state index is 0.197. The van der Waals surface area contributed by atoms with Gasteiger partial charge in [0.15, 0.2) is 0 Å². The topological polar surface area (TPSA) is 4.44 Å². The molecule has 0 fully saturated rings. The first kappa shape index (κ1) is 18.9. The summed E-state index contributed by atoms with van der Waals surface area (Å²) in [7, 11) is 1.42. The lowest BCUT2D eigenvalue weighted by Gasteiger charge is -2.19. The van der Waals surface area contributed by atoms with Crippen LogP contribution in [0.2, 0.25) is 0 Å². The highest BCUT2D eigenvalue weighted by atomic mass is 19.2. The molecule has 0 bridgehead atoms. The summed E-state index contributed by atoms with van der Waals surface area (Å²) in [6.07, 6.45) is 4.76. The quantitative estimate of drug-likeness (QED) is 0.416. The van der Waals surface area contributed by atoms with Gasteiger partial charge in [0, 0.05) is 0 Å². The normalized spacial score (nSPS) is 14.2. The minimum Gasteiger partial charge on any atom is -0.300 e. The summed E-state index contributed by atoms with van der Waals surface area (Å²) < 4.78 is 66.9. The van der Waals surface area contributed by atoms with Crippen molar-refractivity contribution in [2.24, 2.45) is 5.92 Å². The maximum absolute atomic E-state index is 13.7. The minimum atomic E-state index is -2.11. The number of unbranched alkanes of at least 4 members (excludes halogenated alkanes) is 1. The van der Waals surface area contributed by atoms with Gasteiger partial charge in [0.2, 0.25) is 34.8 Å². The highest BCUT2D eigenvalue weighted by molar-refractivity contribution is 5.35. The number of benzene rings is 1. The Bertz CT molecular complexity index is 475. The molecule has 2 atom stereocenters. The van der Waals surface area contributed by atoms with Crippen LogP contribution in [0.4, 0.5) is 27.6 Å². The van der Waals surface area contributed by atoms with E-state index in [0.29, 0.717) is 18.9 Å². The van der Waals surface area contributed by atoms with E-state index in [4.69, 9.17) is 0 Å². The summed E-state index contributed by atoms with van der Waals surface area (Å²) in [6.45, 7) is 4.44. The van der Waals surface area contributed by atoms with Gasteiger partial charge in [-0.15, -0.1) is 0 Å². The third kappa shape index (κ3) is 4.18. The Morgan fingerprint density at radius 2 is 1.32 bits per heavy atom. The maximum atomic E-state index is 13.7. The summed E-state index contributed by atoms with van der Waals surface area (Å²) in [5, 5.41) is 0. The summed E-state index contributed by atoms with van der Waals surface area (Å²) >= 11 is 0. The van der Waals surface area contributed by atoms with E-state index in [1.807, 2.05) is 6.92 Å². The summed E-state index contributed by atoms with van der Waals surface area (Å²) in [5.74, 6) is -8.96. The second kappa shape index (κ2) is 8.46. The number of hydrogen-bond donors (Lipinski definition) is 1. The fraction of sp³-hybridized carbons (Fsp3) is 0.625. The SMILES string of the molecule is CCCCC(CC)CC[NH+](C)c1c(F)c(F)c(F)c(F)c1F. The van der Waals surface area contributed by atoms with Crippen LogP contribution < -0.4 is 4.90 Å². The van der Waals surface area contributed by atoms with Crippen LogP contribution in [0.15, 0.2) is 0 Å². The molecule has 0 saturated carbocycles. The molecule has 22 heavy (non-hydrogen) atoms. The van der Waals surface area contributed by atoms with Gasteiger partial charge in [-0.1, -0.05) is 39.5 Å². The average molecular weight is 324 g/mol. The largest absolute Gasteiger partial charge is 0.300 e. The Kier molecular flexibility index (Phi) is 7.26. The molecule has 126 valence electrons. The lowest BCUT2D eigenvalue weighted by atomic mass is 9.95. The molecular weight excluding hydrogens is 301 g/mol. The van der Waals surface area contributed by atoms with E-state index in [1.54, 1.807) is 0 Å². The van der Waals surface area contributed by atoms with E-state index in [1.165, 1.54) is 7.05 Å². The molecule has 0 radical (unpaired) electrons. The lowest BCUT2D eigenvalue weighted by molar-refractivity contribution is -0.813. The molecule has 0 heterocycles. The number of halogens is 5. The molecular formula is C16H23F5N+. The van der Waals surface area contributed by atoms with Crippen molar-refractivity contribution in [1.82, 2.24) is 0 Å². The zero-order valence-electron chi connectivity index (χ0n) is 13.2. The number of quaternary nitrogens is 1. The van der Waals surface area contributed by atoms with Crippen molar-refractivity contribution in [3.05, 3.63) is 29.1 Å². The van der Waals surface area contributed by atoms with Crippen molar-refractivity contribution < 1.29 is 26.9 Å². The number of rotatable bonds is 8. The molecule has 1 rings (SSSR count). The molecule has 0 spiro atoms. The van der Waals surface area contributed by atoms with Gasteiger partial charge < -0.3 is 0 Å². The monoisotopic (exact) mass is 324 g/mol. The number of nitrogens with one attached hydrogen (secondary N) is 1. The summed E-state index contributed by atoms with van der Waals surface area (Å²) in [6, 6.07) is 0. The van der Waals surface area contributed by atoms with Crippen molar-refractivity contribution in [2.75, 3.05) is 13.6 Å². The standard InChI is InChI=1S/C16H22F5N/c1-4-6-7-10(5-2)8-9-22(3)16-14(20)12(18)11(17)13(19)15(16)21/h10H,4-9H2,1-3H3/p+1. The second-order valence-corrected chi connectivity index (χ2v) is 5.68. The third-order valence-electron chi connectivity index (χ3n) is 4.11. The first-order valence-corrected chi connectivity index (χ1v) is 7.69. The van der Waals surface area contributed by atoms with Crippen molar-refractivity contribution in [1.29, 1.82) is 0 Å². The maximum Gasteiger partial charge on any atom is 0.225 e. The first-order valence-electron chi connectivity index (χ1n) is 7.69. The molecule has 0 saturated heterocycles. The van der Waals surface area contributed by atoms with Gasteiger partial charge in [-0.2, -0.15) is 8.78 Å². The highest BCUT2D eigenvalue weighted by Gasteiger charge is 2.31. The van der Waals surface area contributed by atoms with Gasteiger partial charge in [-0.25, -0.2) is 13.2 Å². The van der Waals surface area contributed by atoms with Crippen LogP contribution in [0.25, 0.3) is 0 Å². The predicted molar refractivity (Wildman–Crippen MR) is 75.6 cm³/mol. The van der Waals surface area contributed by atoms with Gasteiger partial charge in [0.1, 0.15) is 0 Å². The van der Waals surface area contributed by atoms with E-state index in [0.717, 1.165) is 25.7 Å². The van der Waals surface area contributed by atoms with E-state index >= 15 is 0 Å². The Hall–Kier alpha value is -1.17. The van der Waals surface area contributed by atoms with E-state index in [9.17, 15) is 22.0 Å². The van der Waals surface area contributed by atoms with E-state index in [-0.39, 0.29) is 4.90 Å². The van der Waals surface area contributed by atoms with Crippen LogP contribution in [0.3, 0.4) is 0 Å². The Labute approximate surface area is 128 Å². The molecule has 0 aliphatic rings. The van der Waals surface area contributed by atoms with Gasteiger partial charge >= 0.3 is 0 Å². The van der Waals surface area contributed by atoms with Gasteiger partial charge in [0.05, 0.1) is 13.6 Å². The van der Waals surface area contributed by atoms with Crippen LogP contribution in [0, 0.1) is 35.0 Å². The predicted octanol–water partition coefficient (Wildman–Crippen LogP) is 4.13. The molecule has 0 aliphatic carbocycles. The van der Waals surface area contributed by atoms with Crippen LogP contribution in [-0.2, 0) is 0 Å². The molecule has 1 aromatic rings.